The number of piperidine rings is 1. The molecule has 17 heavy (non-hydrogen) atoms. The lowest BCUT2D eigenvalue weighted by molar-refractivity contribution is 0.182. The Balaban J connectivity index is 2.13. The Hall–Kier alpha value is -1.12. The van der Waals surface area contributed by atoms with Crippen LogP contribution < -0.4 is 4.90 Å². The van der Waals surface area contributed by atoms with Crippen LogP contribution in [0.5, 0.6) is 0 Å². The monoisotopic (exact) mass is 251 g/mol. The molecular formula is C12H17N3OS. The van der Waals surface area contributed by atoms with Crippen molar-refractivity contribution in [3.05, 3.63) is 10.6 Å². The maximum atomic E-state index is 9.05. The van der Waals surface area contributed by atoms with Crippen molar-refractivity contribution in [2.75, 3.05) is 25.1 Å². The number of rotatable bonds is 3. The first-order chi connectivity index (χ1) is 8.24. The molecule has 2 rings (SSSR count). The summed E-state index contributed by atoms with van der Waals surface area (Å²) in [7, 11) is 1.63. The Morgan fingerprint density at radius 3 is 2.82 bits per heavy atom. The van der Waals surface area contributed by atoms with Crippen LogP contribution in [-0.2, 0) is 11.3 Å². The van der Waals surface area contributed by atoms with Crippen LogP contribution in [0.3, 0.4) is 0 Å². The third-order valence-corrected chi connectivity index (χ3v) is 4.19. The number of hydrogen-bond donors (Lipinski definition) is 0. The van der Waals surface area contributed by atoms with Crippen LogP contribution in [0.4, 0.5) is 5.13 Å². The molecule has 0 aliphatic carbocycles. The summed E-state index contributed by atoms with van der Waals surface area (Å²) in [5.41, 5.74) is 0.772. The van der Waals surface area contributed by atoms with Crippen molar-refractivity contribution in [3.8, 4) is 6.07 Å². The van der Waals surface area contributed by atoms with E-state index in [-0.39, 0.29) is 0 Å². The number of hydrogen-bond acceptors (Lipinski definition) is 5. The molecule has 0 amide bonds. The van der Waals surface area contributed by atoms with Crippen molar-refractivity contribution in [3.63, 3.8) is 0 Å². The molecular weight excluding hydrogens is 234 g/mol. The summed E-state index contributed by atoms with van der Waals surface area (Å²) in [6.45, 7) is 4.80. The van der Waals surface area contributed by atoms with E-state index in [4.69, 9.17) is 10.00 Å². The smallest absolute Gasteiger partial charge is 0.186 e. The Morgan fingerprint density at radius 1 is 1.53 bits per heavy atom. The highest BCUT2D eigenvalue weighted by atomic mass is 32.1. The minimum absolute atomic E-state index is 0.420. The number of aromatic nitrogens is 1. The Morgan fingerprint density at radius 2 is 2.24 bits per heavy atom. The van der Waals surface area contributed by atoms with E-state index in [1.807, 2.05) is 0 Å². The van der Waals surface area contributed by atoms with Gasteiger partial charge in [0.1, 0.15) is 10.9 Å². The average Bonchev–Trinajstić information content (AvgIpc) is 2.74. The van der Waals surface area contributed by atoms with Gasteiger partial charge in [-0.1, -0.05) is 18.3 Å². The van der Waals surface area contributed by atoms with Gasteiger partial charge in [0, 0.05) is 20.2 Å². The van der Waals surface area contributed by atoms with E-state index in [2.05, 4.69) is 22.9 Å². The highest BCUT2D eigenvalue weighted by molar-refractivity contribution is 7.16. The van der Waals surface area contributed by atoms with Crippen molar-refractivity contribution in [1.82, 2.24) is 4.98 Å². The molecule has 1 fully saturated rings. The van der Waals surface area contributed by atoms with Crippen molar-refractivity contribution in [2.24, 2.45) is 5.92 Å². The van der Waals surface area contributed by atoms with E-state index in [1.54, 1.807) is 7.11 Å². The maximum Gasteiger partial charge on any atom is 0.186 e. The van der Waals surface area contributed by atoms with E-state index >= 15 is 0 Å². The second-order valence-electron chi connectivity index (χ2n) is 4.49. The standard InChI is InChI=1S/C12H17N3OS/c1-9-3-5-15(6-4-9)12-14-10(8-16-2)11(7-13)17-12/h9H,3-6,8H2,1-2H3. The molecule has 0 bridgehead atoms. The third kappa shape index (κ3) is 2.76. The summed E-state index contributed by atoms with van der Waals surface area (Å²) in [5.74, 6) is 0.806. The SMILES string of the molecule is COCc1nc(N2CCC(C)CC2)sc1C#N. The first-order valence-corrected chi connectivity index (χ1v) is 6.70. The van der Waals surface area contributed by atoms with Crippen molar-refractivity contribution >= 4 is 16.5 Å². The second kappa shape index (κ2) is 5.48. The van der Waals surface area contributed by atoms with Gasteiger partial charge in [-0.2, -0.15) is 5.26 Å². The lowest BCUT2D eigenvalue weighted by atomic mass is 10.00. The summed E-state index contributed by atoms with van der Waals surface area (Å²) in [5, 5.41) is 10.0. The van der Waals surface area contributed by atoms with Gasteiger partial charge in [0.05, 0.1) is 12.3 Å². The van der Waals surface area contributed by atoms with Crippen LogP contribution in [0.2, 0.25) is 0 Å². The molecule has 0 aromatic carbocycles. The molecule has 92 valence electrons. The highest BCUT2D eigenvalue weighted by Gasteiger charge is 2.20. The normalized spacial score (nSPS) is 17.1. The molecule has 5 heteroatoms. The third-order valence-electron chi connectivity index (χ3n) is 3.12. The number of nitriles is 1. The van der Waals surface area contributed by atoms with Gasteiger partial charge in [0.2, 0.25) is 0 Å². The van der Waals surface area contributed by atoms with Gasteiger partial charge in [-0.15, -0.1) is 0 Å². The Bertz CT molecular complexity index is 416. The van der Waals surface area contributed by atoms with E-state index in [0.717, 1.165) is 29.8 Å². The Labute approximate surface area is 106 Å². The van der Waals surface area contributed by atoms with Gasteiger partial charge >= 0.3 is 0 Å². The van der Waals surface area contributed by atoms with Crippen molar-refractivity contribution in [2.45, 2.75) is 26.4 Å². The number of methoxy groups -OCH3 is 1. The molecule has 2 heterocycles. The number of anilines is 1. The minimum atomic E-state index is 0.420. The Kier molecular flexibility index (Phi) is 3.97. The summed E-state index contributed by atoms with van der Waals surface area (Å²) < 4.78 is 5.06. The van der Waals surface area contributed by atoms with Crippen LogP contribution >= 0.6 is 11.3 Å². The highest BCUT2D eigenvalue weighted by Crippen LogP contribution is 2.29. The number of thiazole rings is 1. The molecule has 0 unspecified atom stereocenters. The molecule has 0 N–H and O–H groups in total. The van der Waals surface area contributed by atoms with Gasteiger partial charge in [-0.25, -0.2) is 4.98 Å². The van der Waals surface area contributed by atoms with Crippen LogP contribution in [0.15, 0.2) is 0 Å². The van der Waals surface area contributed by atoms with E-state index in [0.29, 0.717) is 11.5 Å². The zero-order valence-electron chi connectivity index (χ0n) is 10.3. The largest absolute Gasteiger partial charge is 0.378 e. The van der Waals surface area contributed by atoms with Crippen LogP contribution in [-0.4, -0.2) is 25.2 Å². The zero-order chi connectivity index (χ0) is 12.3. The molecule has 1 aromatic heterocycles. The van der Waals surface area contributed by atoms with Crippen LogP contribution in [0.1, 0.15) is 30.3 Å². The molecule has 0 spiro atoms. The quantitative estimate of drug-likeness (QED) is 0.827. The number of nitrogens with zero attached hydrogens (tertiary/aromatic N) is 3. The summed E-state index contributed by atoms with van der Waals surface area (Å²) in [4.78, 5) is 7.48. The van der Waals surface area contributed by atoms with E-state index in [9.17, 15) is 0 Å². The molecule has 1 aliphatic rings. The molecule has 0 saturated carbocycles. The summed E-state index contributed by atoms with van der Waals surface area (Å²) in [6.07, 6.45) is 2.42. The fraction of sp³-hybridized carbons (Fsp3) is 0.667. The lowest BCUT2D eigenvalue weighted by Crippen LogP contribution is -2.32. The van der Waals surface area contributed by atoms with Crippen LogP contribution in [0, 0.1) is 17.2 Å². The van der Waals surface area contributed by atoms with Gasteiger partial charge in [0.15, 0.2) is 5.13 Å². The molecule has 4 nitrogen and oxygen atoms in total. The predicted molar refractivity (Wildman–Crippen MR) is 68.2 cm³/mol. The first-order valence-electron chi connectivity index (χ1n) is 5.88. The maximum absolute atomic E-state index is 9.05. The molecule has 1 aliphatic heterocycles. The summed E-state index contributed by atoms with van der Waals surface area (Å²) in [6, 6.07) is 2.20. The van der Waals surface area contributed by atoms with E-state index in [1.165, 1.54) is 24.2 Å². The molecule has 0 atom stereocenters. The van der Waals surface area contributed by atoms with Crippen LogP contribution in [0.25, 0.3) is 0 Å². The van der Waals surface area contributed by atoms with Crippen molar-refractivity contribution in [1.29, 1.82) is 5.26 Å². The molecule has 1 saturated heterocycles. The second-order valence-corrected chi connectivity index (χ2v) is 5.46. The fourth-order valence-corrected chi connectivity index (χ4v) is 2.91. The topological polar surface area (TPSA) is 49.1 Å². The minimum Gasteiger partial charge on any atom is -0.378 e. The van der Waals surface area contributed by atoms with Gasteiger partial charge in [0.25, 0.3) is 0 Å². The first kappa shape index (κ1) is 12.3. The average molecular weight is 251 g/mol. The van der Waals surface area contributed by atoms with E-state index < -0.39 is 0 Å². The number of ether oxygens (including phenoxy) is 1. The van der Waals surface area contributed by atoms with Gasteiger partial charge in [-0.3, -0.25) is 0 Å². The predicted octanol–water partition coefficient (Wildman–Crippen LogP) is 2.40. The van der Waals surface area contributed by atoms with Crippen molar-refractivity contribution < 1.29 is 4.74 Å². The molecule has 0 radical (unpaired) electrons. The zero-order valence-corrected chi connectivity index (χ0v) is 11.1. The summed E-state index contributed by atoms with van der Waals surface area (Å²) >= 11 is 1.48. The lowest BCUT2D eigenvalue weighted by Gasteiger charge is -2.29. The van der Waals surface area contributed by atoms with Gasteiger partial charge in [-0.05, 0) is 18.8 Å². The van der Waals surface area contributed by atoms with Gasteiger partial charge < -0.3 is 9.64 Å². The fourth-order valence-electron chi connectivity index (χ4n) is 2.00. The molecule has 1 aromatic rings.